The summed E-state index contributed by atoms with van der Waals surface area (Å²) in [5, 5.41) is 16.8. The summed E-state index contributed by atoms with van der Waals surface area (Å²) in [6, 6.07) is 0. The predicted octanol–water partition coefficient (Wildman–Crippen LogP) is -0.0166. The quantitative estimate of drug-likeness (QED) is 0.752. The summed E-state index contributed by atoms with van der Waals surface area (Å²) in [5.41, 5.74) is 0.184. The molecule has 0 aliphatic rings. The van der Waals surface area contributed by atoms with Crippen LogP contribution in [0, 0.1) is 0 Å². The molecule has 0 saturated carbocycles. The van der Waals surface area contributed by atoms with Gasteiger partial charge >= 0.3 is 5.69 Å². The second-order valence-electron chi connectivity index (χ2n) is 5.49. The lowest BCUT2D eigenvalue weighted by Crippen LogP contribution is -2.39. The number of hydrogen-bond acceptors (Lipinski definition) is 5. The highest BCUT2D eigenvalue weighted by atomic mass is 16.3. The number of rotatable bonds is 5. The molecule has 0 aromatic carbocycles. The van der Waals surface area contributed by atoms with Crippen LogP contribution in [0.4, 0.5) is 0 Å². The number of fused-ring (bicyclic) bond motifs is 1. The van der Waals surface area contributed by atoms with E-state index in [4.69, 9.17) is 5.11 Å². The fourth-order valence-electron chi connectivity index (χ4n) is 2.30. The lowest BCUT2D eigenvalue weighted by molar-refractivity contribution is 0.180. The molecular formula is C15H26N4O4. The maximum absolute atomic E-state index is 12.4. The van der Waals surface area contributed by atoms with Crippen molar-refractivity contribution in [3.63, 3.8) is 0 Å². The van der Waals surface area contributed by atoms with Crippen molar-refractivity contribution >= 4 is 11.2 Å². The molecular weight excluding hydrogens is 300 g/mol. The van der Waals surface area contributed by atoms with Gasteiger partial charge in [0.2, 0.25) is 0 Å². The summed E-state index contributed by atoms with van der Waals surface area (Å²) >= 11 is 0. The van der Waals surface area contributed by atoms with Crippen molar-refractivity contribution in [2.45, 2.75) is 45.8 Å². The third kappa shape index (κ3) is 4.52. The van der Waals surface area contributed by atoms with Crippen LogP contribution in [0.3, 0.4) is 0 Å². The van der Waals surface area contributed by atoms with Gasteiger partial charge in [0.15, 0.2) is 11.2 Å². The smallest absolute Gasteiger partial charge is 0.332 e. The van der Waals surface area contributed by atoms with Gasteiger partial charge in [-0.25, -0.2) is 9.78 Å². The van der Waals surface area contributed by atoms with Gasteiger partial charge in [-0.05, 0) is 33.1 Å². The molecule has 1 atom stereocenters. The van der Waals surface area contributed by atoms with E-state index in [0.717, 1.165) is 6.42 Å². The van der Waals surface area contributed by atoms with Crippen LogP contribution < -0.4 is 11.2 Å². The van der Waals surface area contributed by atoms with E-state index in [9.17, 15) is 14.7 Å². The second kappa shape index (κ2) is 8.64. The van der Waals surface area contributed by atoms with Crippen molar-refractivity contribution in [2.75, 3.05) is 6.61 Å². The summed E-state index contributed by atoms with van der Waals surface area (Å²) in [4.78, 5) is 28.6. The third-order valence-electron chi connectivity index (χ3n) is 3.45. The van der Waals surface area contributed by atoms with Crippen LogP contribution >= 0.6 is 0 Å². The van der Waals surface area contributed by atoms with Crippen molar-refractivity contribution in [2.24, 2.45) is 14.1 Å². The van der Waals surface area contributed by atoms with E-state index in [1.807, 2.05) is 0 Å². The molecule has 0 aliphatic carbocycles. The monoisotopic (exact) mass is 326 g/mol. The molecule has 0 bridgehead atoms. The van der Waals surface area contributed by atoms with E-state index in [2.05, 4.69) is 4.98 Å². The molecule has 0 amide bonds. The van der Waals surface area contributed by atoms with Crippen molar-refractivity contribution in [3.8, 4) is 0 Å². The van der Waals surface area contributed by atoms with Crippen molar-refractivity contribution in [1.82, 2.24) is 18.7 Å². The minimum atomic E-state index is -0.353. The van der Waals surface area contributed by atoms with Gasteiger partial charge in [-0.15, -0.1) is 0 Å². The molecule has 0 unspecified atom stereocenters. The molecule has 8 heteroatoms. The highest BCUT2D eigenvalue weighted by molar-refractivity contribution is 5.69. The zero-order valence-corrected chi connectivity index (χ0v) is 14.2. The van der Waals surface area contributed by atoms with Crippen molar-refractivity contribution < 1.29 is 10.2 Å². The van der Waals surface area contributed by atoms with E-state index in [1.165, 1.54) is 15.5 Å². The molecule has 2 aromatic rings. The normalized spacial score (nSPS) is 12.1. The van der Waals surface area contributed by atoms with Gasteiger partial charge in [0, 0.05) is 27.2 Å². The molecule has 0 aliphatic heterocycles. The fraction of sp³-hybridized carbons (Fsp3) is 0.667. The number of nitrogens with zero attached hydrogens (tertiary/aromatic N) is 4. The number of aryl methyl sites for hydroxylation is 2. The molecule has 2 N–H and O–H groups in total. The Morgan fingerprint density at radius 3 is 2.43 bits per heavy atom. The Morgan fingerprint density at radius 2 is 1.87 bits per heavy atom. The average Bonchev–Trinajstić information content (AvgIpc) is 2.87. The Morgan fingerprint density at radius 1 is 1.26 bits per heavy atom. The van der Waals surface area contributed by atoms with E-state index < -0.39 is 0 Å². The molecule has 2 heterocycles. The number of unbranched alkanes of at least 4 members (excludes halogenated alkanes) is 1. The molecule has 8 nitrogen and oxygen atoms in total. The summed E-state index contributed by atoms with van der Waals surface area (Å²) in [7, 11) is 3.35. The topological polar surface area (TPSA) is 102 Å². The Bertz CT molecular complexity index is 742. The lowest BCUT2D eigenvalue weighted by atomic mass is 10.2. The highest BCUT2D eigenvalue weighted by Crippen LogP contribution is 2.04. The van der Waals surface area contributed by atoms with Gasteiger partial charge in [0.05, 0.1) is 12.4 Å². The largest absolute Gasteiger partial charge is 0.397 e. The van der Waals surface area contributed by atoms with Gasteiger partial charge in [-0.3, -0.25) is 13.9 Å². The maximum atomic E-state index is 12.4. The number of hydrogen-bond donors (Lipinski definition) is 2. The molecule has 130 valence electrons. The first-order chi connectivity index (χ1) is 10.8. The van der Waals surface area contributed by atoms with Crippen LogP contribution in [0.5, 0.6) is 0 Å². The predicted molar refractivity (Wildman–Crippen MR) is 88.5 cm³/mol. The summed E-state index contributed by atoms with van der Waals surface area (Å²) in [5.74, 6) is 0. The summed E-state index contributed by atoms with van der Waals surface area (Å²) in [6.07, 6.45) is 3.31. The summed E-state index contributed by atoms with van der Waals surface area (Å²) < 4.78 is 4.26. The first kappa shape index (κ1) is 19.1. The molecule has 23 heavy (non-hydrogen) atoms. The SMILES string of the molecule is CCO.C[C@@H](O)CCCCn1c(=O)c2c(ncn2C)n(C)c1=O. The van der Waals surface area contributed by atoms with E-state index >= 15 is 0 Å². The molecule has 2 aromatic heterocycles. The second-order valence-corrected chi connectivity index (χ2v) is 5.49. The minimum absolute atomic E-state index is 0.250. The number of aliphatic hydroxyl groups excluding tert-OH is 2. The molecule has 0 saturated heterocycles. The van der Waals surface area contributed by atoms with Crippen LogP contribution in [0.25, 0.3) is 11.2 Å². The Kier molecular flexibility index (Phi) is 7.18. The zero-order chi connectivity index (χ0) is 17.6. The fourth-order valence-corrected chi connectivity index (χ4v) is 2.30. The number of aliphatic hydroxyl groups is 2. The van der Waals surface area contributed by atoms with Gasteiger partial charge in [0.25, 0.3) is 5.56 Å². The van der Waals surface area contributed by atoms with Gasteiger partial charge in [-0.1, -0.05) is 0 Å². The van der Waals surface area contributed by atoms with Crippen LogP contribution in [-0.2, 0) is 20.6 Å². The van der Waals surface area contributed by atoms with E-state index in [1.54, 1.807) is 32.5 Å². The van der Waals surface area contributed by atoms with E-state index in [-0.39, 0.29) is 24.0 Å². The van der Waals surface area contributed by atoms with Crippen LogP contribution in [0.2, 0.25) is 0 Å². The standard InChI is InChI=1S/C13H20N4O3.C2H6O/c1-9(18)6-4-5-7-17-12(19)10-11(14-8-15(10)2)16(3)13(17)20;1-2-3/h8-9,18H,4-7H2,1-3H3;3H,2H2,1H3/t9-;/m1./s1. The van der Waals surface area contributed by atoms with Gasteiger partial charge < -0.3 is 14.8 Å². The minimum Gasteiger partial charge on any atom is -0.397 e. The first-order valence-electron chi connectivity index (χ1n) is 7.74. The highest BCUT2D eigenvalue weighted by Gasteiger charge is 2.14. The first-order valence-corrected chi connectivity index (χ1v) is 7.74. The average molecular weight is 326 g/mol. The molecule has 0 fully saturated rings. The summed E-state index contributed by atoms with van der Waals surface area (Å²) in [6.45, 7) is 4.02. The van der Waals surface area contributed by atoms with Gasteiger partial charge in [0.1, 0.15) is 0 Å². The Hall–Kier alpha value is -1.93. The third-order valence-corrected chi connectivity index (χ3v) is 3.45. The molecule has 0 spiro atoms. The van der Waals surface area contributed by atoms with E-state index in [0.29, 0.717) is 30.6 Å². The molecule has 2 rings (SSSR count). The maximum Gasteiger partial charge on any atom is 0.332 e. The molecule has 0 radical (unpaired) electrons. The van der Waals surface area contributed by atoms with Crippen molar-refractivity contribution in [1.29, 1.82) is 0 Å². The number of imidazole rings is 1. The van der Waals surface area contributed by atoms with Crippen molar-refractivity contribution in [3.05, 3.63) is 27.2 Å². The number of aromatic nitrogens is 4. The van der Waals surface area contributed by atoms with Crippen LogP contribution in [0.15, 0.2) is 15.9 Å². The van der Waals surface area contributed by atoms with Gasteiger partial charge in [-0.2, -0.15) is 0 Å². The zero-order valence-electron chi connectivity index (χ0n) is 14.2. The van der Waals surface area contributed by atoms with Crippen LogP contribution in [0.1, 0.15) is 33.1 Å². The Labute approximate surface area is 134 Å². The lowest BCUT2D eigenvalue weighted by Gasteiger charge is -2.09. The Balaban J connectivity index is 0.000000816. The van der Waals surface area contributed by atoms with Crippen LogP contribution in [-0.4, -0.2) is 41.6 Å².